The van der Waals surface area contributed by atoms with Crippen LogP contribution in [0.5, 0.6) is 5.75 Å². The molecule has 0 radical (unpaired) electrons. The number of benzene rings is 2. The zero-order valence-electron chi connectivity index (χ0n) is 43.6. The molecule has 1 saturated heterocycles. The highest BCUT2D eigenvalue weighted by Gasteiger charge is 2.48. The Morgan fingerprint density at radius 3 is 1.91 bits per heavy atom. The van der Waals surface area contributed by atoms with Crippen molar-refractivity contribution in [2.45, 2.75) is 54.2 Å². The predicted octanol–water partition coefficient (Wildman–Crippen LogP) is 9.35. The highest BCUT2D eigenvalue weighted by atomic mass is 32.2. The van der Waals surface area contributed by atoms with Gasteiger partial charge in [0.1, 0.15) is 5.75 Å². The summed E-state index contributed by atoms with van der Waals surface area (Å²) in [5.41, 5.74) is 5.08. The van der Waals surface area contributed by atoms with E-state index in [0.717, 1.165) is 96.7 Å². The molecule has 0 amide bonds. The topological polar surface area (TPSA) is 242 Å². The smallest absolute Gasteiger partial charge is 0.394 e. The van der Waals surface area contributed by atoms with Crippen LogP contribution in [-0.4, -0.2) is 123 Å². The molecule has 1 fully saturated rings. The number of aliphatic hydroxyl groups excluding tert-OH is 1. The average molecular weight is 1170 g/mol. The number of ether oxygens (including phenoxy) is 2. The van der Waals surface area contributed by atoms with Gasteiger partial charge in [0, 0.05) is 130 Å². The van der Waals surface area contributed by atoms with Gasteiger partial charge in [0.25, 0.3) is 0 Å². The van der Waals surface area contributed by atoms with E-state index in [1.165, 1.54) is 18.6 Å². The Morgan fingerprint density at radius 1 is 0.683 bits per heavy atom. The number of H-pyrrole nitrogens is 1. The fourth-order valence-electron chi connectivity index (χ4n) is 8.75. The summed E-state index contributed by atoms with van der Waals surface area (Å²) in [6.07, 6.45) is 25.4. The normalized spacial score (nSPS) is 13.8. The van der Waals surface area contributed by atoms with Gasteiger partial charge < -0.3 is 18.8 Å². The Balaban J connectivity index is 0.000000132. The van der Waals surface area contributed by atoms with Gasteiger partial charge in [-0.25, -0.2) is 0 Å². The number of aromatic amines is 1. The fourth-order valence-corrected chi connectivity index (χ4v) is 10.3. The number of rotatable bonds is 14. The number of hydrogen-bond acceptors (Lipinski definition) is 17. The van der Waals surface area contributed by atoms with Crippen molar-refractivity contribution in [3.63, 3.8) is 0 Å². The highest BCUT2D eigenvalue weighted by molar-refractivity contribution is 7.99. The lowest BCUT2D eigenvalue weighted by molar-refractivity contribution is -0.163. The van der Waals surface area contributed by atoms with Gasteiger partial charge >= 0.3 is 15.6 Å². The number of aryl methyl sites for hydroxylation is 2. The van der Waals surface area contributed by atoms with Crippen molar-refractivity contribution in [3.05, 3.63) is 152 Å². The first-order valence-electron chi connectivity index (χ1n) is 25.4. The second-order valence-corrected chi connectivity index (χ2v) is 21.7. The summed E-state index contributed by atoms with van der Waals surface area (Å²) in [5.74, 6) is -0.440. The van der Waals surface area contributed by atoms with E-state index in [-0.39, 0.29) is 12.9 Å². The Morgan fingerprint density at radius 2 is 1.29 bits per heavy atom. The van der Waals surface area contributed by atoms with Crippen LogP contribution in [0.1, 0.15) is 19.3 Å². The van der Waals surface area contributed by atoms with E-state index < -0.39 is 21.4 Å². The van der Waals surface area contributed by atoms with Crippen LogP contribution in [-0.2, 0) is 46.8 Å². The molecule has 10 aromatic heterocycles. The van der Waals surface area contributed by atoms with Crippen molar-refractivity contribution in [1.29, 1.82) is 0 Å². The summed E-state index contributed by atoms with van der Waals surface area (Å²) >= 11 is 6.77. The van der Waals surface area contributed by atoms with E-state index in [2.05, 4.69) is 67.1 Å². The van der Waals surface area contributed by atoms with Gasteiger partial charge in [-0.05, 0) is 116 Å². The standard InChI is InChI=1S/C24H20N8OS.C16H19N5O2S.C14H10F3N3O3S/c1-30-13-19(11-26-30)18-8-17-9-21(3-4-22(17)25-10-18)34-24-29-28-23-5-2-16(15-32(23)24)20-12-27-31(14-20)6-7-33;24-16-19-18-14-5-4-12(11-21(14)16)13-9-17-20(10-13)6-8-23-15-3-1-2-7-22-15;1-20-8-11(7-19-20)10-4-9-5-12(2-3-13(9)18-6-10)23-24(21,22)14(15,16)17/h2-5,8-15,33H,6-7H2,1H3;4-5,9-11,15H,1-3,6-8H2,(H,19,24);2-8H,1H3. The number of alkyl halides is 3. The first-order chi connectivity index (χ1) is 39.6. The third-order valence-electron chi connectivity index (χ3n) is 12.9. The second kappa shape index (κ2) is 23.8. The van der Waals surface area contributed by atoms with E-state index in [1.54, 1.807) is 63.7 Å². The van der Waals surface area contributed by atoms with E-state index >= 15 is 0 Å². The van der Waals surface area contributed by atoms with Crippen LogP contribution in [0.25, 0.3) is 77.6 Å². The maximum absolute atomic E-state index is 12.4. The molecule has 11 heterocycles. The molecule has 0 aliphatic carbocycles. The lowest BCUT2D eigenvalue weighted by atomic mass is 10.1. The van der Waals surface area contributed by atoms with Crippen molar-refractivity contribution >= 4 is 67.2 Å². The minimum absolute atomic E-state index is 0.0530. The largest absolute Gasteiger partial charge is 0.534 e. The van der Waals surface area contributed by atoms with E-state index in [0.29, 0.717) is 40.9 Å². The molecule has 1 atom stereocenters. The first kappa shape index (κ1) is 55.2. The first-order valence-corrected chi connectivity index (χ1v) is 28.0. The number of aliphatic hydroxyl groups is 1. The van der Waals surface area contributed by atoms with E-state index in [1.807, 2.05) is 107 Å². The summed E-state index contributed by atoms with van der Waals surface area (Å²) in [5, 5.41) is 44.0. The summed E-state index contributed by atoms with van der Waals surface area (Å²) in [6.45, 7) is 2.62. The quantitative estimate of drug-likeness (QED) is 0.0585. The third kappa shape index (κ3) is 12.8. The van der Waals surface area contributed by atoms with Gasteiger partial charge in [-0.2, -0.15) is 47.1 Å². The lowest BCUT2D eigenvalue weighted by Crippen LogP contribution is -2.28. The van der Waals surface area contributed by atoms with Gasteiger partial charge in [-0.3, -0.25) is 42.6 Å². The summed E-state index contributed by atoms with van der Waals surface area (Å²) < 4.78 is 86.2. The number of hydrogen-bond donors (Lipinski definition) is 2. The maximum atomic E-state index is 12.4. The Bertz CT molecular complexity index is 4390. The molecule has 0 spiro atoms. The number of halogens is 3. The third-order valence-corrected chi connectivity index (χ3v) is 15.1. The van der Waals surface area contributed by atoms with Crippen molar-refractivity contribution in [1.82, 2.24) is 78.3 Å². The van der Waals surface area contributed by atoms with Gasteiger partial charge in [0.05, 0.1) is 62.1 Å². The molecule has 2 N–H and O–H groups in total. The fraction of sp³-hybridized carbons (Fsp3) is 0.222. The second-order valence-electron chi connectivity index (χ2n) is 18.7. The molecule has 22 nitrogen and oxygen atoms in total. The zero-order chi connectivity index (χ0) is 57.0. The van der Waals surface area contributed by atoms with Crippen LogP contribution in [0.2, 0.25) is 0 Å². The molecule has 28 heteroatoms. The van der Waals surface area contributed by atoms with Crippen LogP contribution in [0, 0.1) is 4.77 Å². The van der Waals surface area contributed by atoms with Gasteiger partial charge in [-0.1, -0.05) is 0 Å². The molecule has 12 aromatic rings. The van der Waals surface area contributed by atoms with Gasteiger partial charge in [0.15, 0.2) is 27.5 Å². The van der Waals surface area contributed by atoms with Gasteiger partial charge in [-0.15, -0.1) is 10.2 Å². The molecule has 82 heavy (non-hydrogen) atoms. The van der Waals surface area contributed by atoms with Crippen molar-refractivity contribution in [2.75, 3.05) is 19.8 Å². The number of nitrogens with zero attached hydrogens (tertiary/aromatic N) is 15. The minimum Gasteiger partial charge on any atom is -0.394 e. The molecule has 2 aromatic carbocycles. The zero-order valence-corrected chi connectivity index (χ0v) is 46.1. The van der Waals surface area contributed by atoms with E-state index in [9.17, 15) is 21.6 Å². The van der Waals surface area contributed by atoms with Crippen molar-refractivity contribution < 1.29 is 40.4 Å². The molecular formula is C54H49F3N16O6S3. The Kier molecular flexibility index (Phi) is 16.0. The summed E-state index contributed by atoms with van der Waals surface area (Å²) in [6, 6.07) is 21.6. The van der Waals surface area contributed by atoms with Gasteiger partial charge in [0.2, 0.25) is 0 Å². The molecule has 1 unspecified atom stereocenters. The molecular weight excluding hydrogens is 1120 g/mol. The lowest BCUT2D eigenvalue weighted by Gasteiger charge is -2.22. The van der Waals surface area contributed by atoms with Crippen molar-refractivity contribution in [2.24, 2.45) is 14.1 Å². The summed E-state index contributed by atoms with van der Waals surface area (Å²) in [7, 11) is -2.07. The van der Waals surface area contributed by atoms with Crippen molar-refractivity contribution in [3.8, 4) is 50.3 Å². The Hall–Kier alpha value is -8.67. The average Bonchev–Trinajstić information content (AvgIpc) is 4.50. The number of aromatic nitrogens is 16. The highest BCUT2D eigenvalue weighted by Crippen LogP contribution is 2.33. The molecule has 1 aliphatic heterocycles. The Labute approximate surface area is 473 Å². The van der Waals surface area contributed by atoms with Crippen LogP contribution in [0.15, 0.2) is 157 Å². The molecule has 0 saturated carbocycles. The van der Waals surface area contributed by atoms with Crippen LogP contribution in [0.3, 0.4) is 0 Å². The van der Waals surface area contributed by atoms with Crippen LogP contribution in [0.4, 0.5) is 13.2 Å². The SMILES string of the molecule is Cn1cc(-c2cnc3ccc(OS(=O)(=O)C(F)(F)F)cc3c2)cn1.Cn1cc(-c2cnc3ccc(Sc4nnc5ccc(-c6cnn(CCO)c6)cn45)cc3c2)cn1.S=c1[nH]nc2ccc(-c3cnn(CCOC4CCCCO4)c3)cn12. The predicted molar refractivity (Wildman–Crippen MR) is 300 cm³/mol. The molecule has 1 aliphatic rings. The molecule has 13 rings (SSSR count). The van der Waals surface area contributed by atoms with E-state index in [4.69, 9.17) is 26.8 Å². The molecule has 0 bridgehead atoms. The summed E-state index contributed by atoms with van der Waals surface area (Å²) in [4.78, 5) is 9.85. The number of fused-ring (bicyclic) bond motifs is 4. The monoisotopic (exact) mass is 1170 g/mol. The van der Waals surface area contributed by atoms with Crippen LogP contribution < -0.4 is 4.18 Å². The minimum atomic E-state index is -5.71. The van der Waals surface area contributed by atoms with Crippen LogP contribution >= 0.6 is 24.0 Å². The number of pyridine rings is 4. The molecule has 420 valence electrons. The maximum Gasteiger partial charge on any atom is 0.534 e. The number of nitrogens with one attached hydrogen (secondary N) is 1.